The molecule has 7 heteroatoms. The van der Waals surface area contributed by atoms with Crippen molar-refractivity contribution in [3.05, 3.63) is 82.0 Å². The predicted octanol–water partition coefficient (Wildman–Crippen LogP) is 3.70. The number of aromatic nitrogens is 3. The summed E-state index contributed by atoms with van der Waals surface area (Å²) in [4.78, 5) is 31.8. The highest BCUT2D eigenvalue weighted by atomic mass is 16.5. The van der Waals surface area contributed by atoms with Crippen LogP contribution in [0.5, 0.6) is 0 Å². The van der Waals surface area contributed by atoms with Gasteiger partial charge in [-0.25, -0.2) is 0 Å². The van der Waals surface area contributed by atoms with Gasteiger partial charge in [-0.1, -0.05) is 47.6 Å². The summed E-state index contributed by atoms with van der Waals surface area (Å²) in [6.07, 6.45) is 0.511. The van der Waals surface area contributed by atoms with E-state index in [4.69, 9.17) is 4.52 Å². The lowest BCUT2D eigenvalue weighted by atomic mass is 10.1. The van der Waals surface area contributed by atoms with Crippen LogP contribution < -0.4 is 10.9 Å². The molecule has 2 aromatic heterocycles. The van der Waals surface area contributed by atoms with Gasteiger partial charge in [-0.3, -0.25) is 9.59 Å². The van der Waals surface area contributed by atoms with Crippen LogP contribution >= 0.6 is 0 Å². The molecule has 0 aliphatic heterocycles. The summed E-state index contributed by atoms with van der Waals surface area (Å²) in [7, 11) is 0. The van der Waals surface area contributed by atoms with Gasteiger partial charge in [-0.05, 0) is 42.5 Å². The lowest BCUT2D eigenvalue weighted by Crippen LogP contribution is -2.26. The third kappa shape index (κ3) is 4.30. The molecule has 0 spiro atoms. The Bertz CT molecular complexity index is 1240. The van der Waals surface area contributed by atoms with Crippen molar-refractivity contribution in [2.75, 3.05) is 0 Å². The fourth-order valence-electron chi connectivity index (χ4n) is 3.31. The quantitative estimate of drug-likeness (QED) is 0.512. The molecule has 0 saturated carbocycles. The van der Waals surface area contributed by atoms with E-state index in [1.54, 1.807) is 6.07 Å². The lowest BCUT2D eigenvalue weighted by molar-refractivity contribution is -0.121. The van der Waals surface area contributed by atoms with E-state index in [0.29, 0.717) is 17.9 Å². The number of pyridine rings is 1. The van der Waals surface area contributed by atoms with Crippen molar-refractivity contribution >= 4 is 16.8 Å². The summed E-state index contributed by atoms with van der Waals surface area (Å²) in [6, 6.07) is 17.2. The van der Waals surface area contributed by atoms with E-state index >= 15 is 0 Å². The van der Waals surface area contributed by atoms with Crippen LogP contribution in [0.25, 0.3) is 22.3 Å². The van der Waals surface area contributed by atoms with E-state index in [1.807, 2.05) is 62.4 Å². The average molecular weight is 402 g/mol. The molecular weight excluding hydrogens is 380 g/mol. The van der Waals surface area contributed by atoms with Gasteiger partial charge in [-0.15, -0.1) is 0 Å². The molecule has 2 heterocycles. The molecule has 0 aliphatic carbocycles. The second-order valence-corrected chi connectivity index (χ2v) is 7.31. The monoisotopic (exact) mass is 402 g/mol. The maximum absolute atomic E-state index is 12.4. The van der Waals surface area contributed by atoms with E-state index < -0.39 is 0 Å². The van der Waals surface area contributed by atoms with Crippen LogP contribution in [-0.2, 0) is 11.2 Å². The second-order valence-electron chi connectivity index (χ2n) is 7.31. The summed E-state index contributed by atoms with van der Waals surface area (Å²) >= 11 is 0. The molecule has 7 nitrogen and oxygen atoms in total. The number of carbonyl (C=O) groups is 1. The third-order valence-electron chi connectivity index (χ3n) is 4.95. The highest BCUT2D eigenvalue weighted by Gasteiger charge is 2.15. The highest BCUT2D eigenvalue weighted by Crippen LogP contribution is 2.19. The topological polar surface area (TPSA) is 101 Å². The Balaban J connectivity index is 1.43. The van der Waals surface area contributed by atoms with Crippen LogP contribution in [0.2, 0.25) is 0 Å². The zero-order chi connectivity index (χ0) is 21.1. The van der Waals surface area contributed by atoms with Gasteiger partial charge in [0.15, 0.2) is 0 Å². The molecule has 4 rings (SSSR count). The number of benzene rings is 2. The van der Waals surface area contributed by atoms with Crippen LogP contribution in [0, 0.1) is 6.92 Å². The molecule has 2 aromatic carbocycles. The van der Waals surface area contributed by atoms with Crippen molar-refractivity contribution in [3.8, 4) is 11.4 Å². The fourth-order valence-corrected chi connectivity index (χ4v) is 3.31. The Morgan fingerprint density at radius 1 is 1.17 bits per heavy atom. The van der Waals surface area contributed by atoms with Crippen molar-refractivity contribution in [1.82, 2.24) is 20.4 Å². The SMILES string of the molecule is Cc1ccc2cc(-c3noc(CCC(=O)N[C@@H](C)c4ccccc4)n3)c(=O)[nH]c2c1. The zero-order valence-electron chi connectivity index (χ0n) is 16.8. The molecule has 1 amide bonds. The van der Waals surface area contributed by atoms with E-state index in [0.717, 1.165) is 22.0 Å². The Hall–Kier alpha value is -3.74. The van der Waals surface area contributed by atoms with E-state index in [-0.39, 0.29) is 29.8 Å². The number of hydrogen-bond donors (Lipinski definition) is 2. The second kappa shape index (κ2) is 8.32. The standard InChI is InChI=1S/C23H22N4O3/c1-14-8-9-17-13-18(23(29)25-19(17)12-14)22-26-21(30-27-22)11-10-20(28)24-15(2)16-6-4-3-5-7-16/h3-9,12-13,15H,10-11H2,1-2H3,(H,24,28)(H,25,29)/t15-/m0/s1. The number of nitrogens with zero attached hydrogens (tertiary/aromatic N) is 2. The van der Waals surface area contributed by atoms with Crippen molar-refractivity contribution in [2.45, 2.75) is 32.7 Å². The minimum Gasteiger partial charge on any atom is -0.350 e. The van der Waals surface area contributed by atoms with Crippen LogP contribution in [0.1, 0.15) is 36.4 Å². The van der Waals surface area contributed by atoms with Crippen molar-refractivity contribution in [2.24, 2.45) is 0 Å². The normalized spacial score (nSPS) is 12.1. The number of aromatic amines is 1. The van der Waals surface area contributed by atoms with Crippen molar-refractivity contribution < 1.29 is 9.32 Å². The lowest BCUT2D eigenvalue weighted by Gasteiger charge is -2.13. The molecule has 4 aromatic rings. The summed E-state index contributed by atoms with van der Waals surface area (Å²) in [5, 5.41) is 7.76. The maximum Gasteiger partial charge on any atom is 0.259 e. The summed E-state index contributed by atoms with van der Waals surface area (Å²) in [5.41, 5.74) is 2.92. The molecule has 0 aliphatic rings. The van der Waals surface area contributed by atoms with Gasteiger partial charge in [-0.2, -0.15) is 4.98 Å². The molecule has 1 atom stereocenters. The Labute approximate surface area is 173 Å². The summed E-state index contributed by atoms with van der Waals surface area (Å²) in [5.74, 6) is 0.424. The first-order chi connectivity index (χ1) is 14.5. The number of H-pyrrole nitrogens is 1. The molecule has 0 bridgehead atoms. The van der Waals surface area contributed by atoms with Gasteiger partial charge in [0.05, 0.1) is 11.6 Å². The smallest absolute Gasteiger partial charge is 0.259 e. The van der Waals surface area contributed by atoms with Crippen LogP contribution in [-0.4, -0.2) is 21.0 Å². The number of amides is 1. The third-order valence-corrected chi connectivity index (χ3v) is 4.95. The van der Waals surface area contributed by atoms with Crippen LogP contribution in [0.15, 0.2) is 63.9 Å². The van der Waals surface area contributed by atoms with Crippen molar-refractivity contribution in [1.29, 1.82) is 0 Å². The number of nitrogens with one attached hydrogen (secondary N) is 2. The Morgan fingerprint density at radius 3 is 2.77 bits per heavy atom. The molecule has 30 heavy (non-hydrogen) atoms. The van der Waals surface area contributed by atoms with Gasteiger partial charge in [0.2, 0.25) is 17.6 Å². The molecular formula is C23H22N4O3. The van der Waals surface area contributed by atoms with Crippen LogP contribution in [0.4, 0.5) is 0 Å². The minimum absolute atomic E-state index is 0.0864. The molecule has 152 valence electrons. The molecule has 0 fully saturated rings. The molecule has 0 unspecified atom stereocenters. The molecule has 2 N–H and O–H groups in total. The van der Waals surface area contributed by atoms with Crippen molar-refractivity contribution in [3.63, 3.8) is 0 Å². The Kier molecular flexibility index (Phi) is 5.43. The van der Waals surface area contributed by atoms with Gasteiger partial charge in [0.1, 0.15) is 0 Å². The average Bonchev–Trinajstić information content (AvgIpc) is 3.21. The number of aryl methyl sites for hydroxylation is 2. The van der Waals surface area contributed by atoms with E-state index in [9.17, 15) is 9.59 Å². The predicted molar refractivity (Wildman–Crippen MR) is 114 cm³/mol. The molecule has 0 radical (unpaired) electrons. The zero-order valence-corrected chi connectivity index (χ0v) is 16.8. The van der Waals surface area contributed by atoms with E-state index in [2.05, 4.69) is 20.4 Å². The number of carbonyl (C=O) groups excluding carboxylic acids is 1. The first kappa shape index (κ1) is 19.6. The molecule has 0 saturated heterocycles. The first-order valence-corrected chi connectivity index (χ1v) is 9.80. The first-order valence-electron chi connectivity index (χ1n) is 9.80. The van der Waals surface area contributed by atoms with Gasteiger partial charge in [0.25, 0.3) is 5.56 Å². The summed E-state index contributed by atoms with van der Waals surface area (Å²) in [6.45, 7) is 3.90. The van der Waals surface area contributed by atoms with Gasteiger partial charge < -0.3 is 14.8 Å². The summed E-state index contributed by atoms with van der Waals surface area (Å²) < 4.78 is 5.25. The maximum atomic E-state index is 12.4. The number of hydrogen-bond acceptors (Lipinski definition) is 5. The fraction of sp³-hybridized carbons (Fsp3) is 0.217. The minimum atomic E-state index is -0.283. The van der Waals surface area contributed by atoms with Gasteiger partial charge >= 0.3 is 0 Å². The highest BCUT2D eigenvalue weighted by molar-refractivity contribution is 5.82. The number of fused-ring (bicyclic) bond motifs is 1. The number of rotatable bonds is 6. The largest absolute Gasteiger partial charge is 0.350 e. The van der Waals surface area contributed by atoms with Gasteiger partial charge in [0, 0.05) is 18.4 Å². The Morgan fingerprint density at radius 2 is 1.97 bits per heavy atom. The van der Waals surface area contributed by atoms with Crippen LogP contribution in [0.3, 0.4) is 0 Å². The van der Waals surface area contributed by atoms with E-state index in [1.165, 1.54) is 0 Å².